The Morgan fingerprint density at radius 3 is 2.40 bits per heavy atom. The molecule has 1 aromatic carbocycles. The van der Waals surface area contributed by atoms with Gasteiger partial charge in [-0.25, -0.2) is 4.98 Å². The number of ether oxygens (including phenoxy) is 1. The first-order chi connectivity index (χ1) is 11.1. The number of hydrogen-bond acceptors (Lipinski definition) is 4. The van der Waals surface area contributed by atoms with Crippen LogP contribution in [0, 0.1) is 18.8 Å². The summed E-state index contributed by atoms with van der Waals surface area (Å²) in [5.41, 5.74) is 1.87. The van der Waals surface area contributed by atoms with Crippen LogP contribution in [-0.4, -0.2) is 24.0 Å². The number of anilines is 1. The van der Waals surface area contributed by atoms with Crippen molar-refractivity contribution >= 4 is 36.4 Å². The van der Waals surface area contributed by atoms with Crippen LogP contribution in [0.4, 0.5) is 5.69 Å². The van der Waals surface area contributed by atoms with Crippen LogP contribution in [0.3, 0.4) is 0 Å². The molecule has 1 saturated heterocycles. The first-order valence-corrected chi connectivity index (χ1v) is 7.84. The fraction of sp³-hybridized carbons (Fsp3) is 0.333. The standard InChI is InChI=1S/C18H21N3O2.2ClH/c1-12-3-6-16(7-4-12)23-17-8-5-15(11-20-17)21-18(22)13(2)14-9-19-10-14;;/h3-8,11,13-14,19H,9-10H2,1-2H3,(H,21,22);2*1H. The van der Waals surface area contributed by atoms with Crippen LogP contribution in [0.25, 0.3) is 0 Å². The number of aromatic nitrogens is 1. The Morgan fingerprint density at radius 1 is 1.20 bits per heavy atom. The van der Waals surface area contributed by atoms with E-state index < -0.39 is 0 Å². The fourth-order valence-electron chi connectivity index (χ4n) is 2.38. The van der Waals surface area contributed by atoms with E-state index in [0.717, 1.165) is 18.8 Å². The summed E-state index contributed by atoms with van der Waals surface area (Å²) in [6.07, 6.45) is 1.62. The second-order valence-corrected chi connectivity index (χ2v) is 6.00. The molecule has 25 heavy (non-hydrogen) atoms. The number of nitrogens with one attached hydrogen (secondary N) is 2. The zero-order valence-electron chi connectivity index (χ0n) is 14.2. The monoisotopic (exact) mass is 383 g/mol. The van der Waals surface area contributed by atoms with Crippen molar-refractivity contribution in [2.45, 2.75) is 13.8 Å². The quantitative estimate of drug-likeness (QED) is 0.823. The molecule has 0 bridgehead atoms. The molecule has 2 N–H and O–H groups in total. The van der Waals surface area contributed by atoms with Gasteiger partial charge in [-0.2, -0.15) is 0 Å². The lowest BCUT2D eigenvalue weighted by Gasteiger charge is -2.31. The van der Waals surface area contributed by atoms with Gasteiger partial charge in [-0.05, 0) is 44.1 Å². The van der Waals surface area contributed by atoms with Gasteiger partial charge in [0, 0.05) is 12.0 Å². The Kier molecular flexibility index (Phi) is 8.16. The molecule has 1 aromatic heterocycles. The summed E-state index contributed by atoms with van der Waals surface area (Å²) >= 11 is 0. The number of pyridine rings is 1. The molecule has 1 atom stereocenters. The molecule has 0 radical (unpaired) electrons. The summed E-state index contributed by atoms with van der Waals surface area (Å²) in [6, 6.07) is 11.3. The van der Waals surface area contributed by atoms with Crippen LogP contribution in [0.1, 0.15) is 12.5 Å². The van der Waals surface area contributed by atoms with Crippen molar-refractivity contribution in [3.63, 3.8) is 0 Å². The minimum absolute atomic E-state index is 0. The van der Waals surface area contributed by atoms with E-state index in [1.807, 2.05) is 38.1 Å². The highest BCUT2D eigenvalue weighted by molar-refractivity contribution is 5.92. The zero-order valence-corrected chi connectivity index (χ0v) is 15.8. The number of aryl methyl sites for hydroxylation is 1. The molecule has 5 nitrogen and oxygen atoms in total. The number of rotatable bonds is 5. The highest BCUT2D eigenvalue weighted by Crippen LogP contribution is 2.22. The normalized spacial score (nSPS) is 14.3. The number of benzene rings is 1. The average Bonchev–Trinajstić information content (AvgIpc) is 2.50. The van der Waals surface area contributed by atoms with E-state index >= 15 is 0 Å². The molecule has 1 unspecified atom stereocenters. The Hall–Kier alpha value is -1.82. The Labute approximate surface area is 160 Å². The molecule has 136 valence electrons. The van der Waals surface area contributed by atoms with E-state index in [0.29, 0.717) is 17.5 Å². The van der Waals surface area contributed by atoms with Crippen molar-refractivity contribution < 1.29 is 9.53 Å². The molecular formula is C18H23Cl2N3O2. The lowest BCUT2D eigenvalue weighted by molar-refractivity contribution is -0.121. The highest BCUT2D eigenvalue weighted by atomic mass is 35.5. The second-order valence-electron chi connectivity index (χ2n) is 6.00. The van der Waals surface area contributed by atoms with Crippen LogP contribution >= 0.6 is 24.8 Å². The third-order valence-corrected chi connectivity index (χ3v) is 4.18. The molecule has 1 aliphatic rings. The smallest absolute Gasteiger partial charge is 0.227 e. The minimum Gasteiger partial charge on any atom is -0.439 e. The molecular weight excluding hydrogens is 361 g/mol. The van der Waals surface area contributed by atoms with Gasteiger partial charge in [0.25, 0.3) is 0 Å². The van der Waals surface area contributed by atoms with Crippen LogP contribution in [0.15, 0.2) is 42.6 Å². The first kappa shape index (κ1) is 21.2. The molecule has 0 aliphatic carbocycles. The molecule has 1 amide bonds. The SMILES string of the molecule is Cc1ccc(Oc2ccc(NC(=O)C(C)C3CNC3)cn2)cc1.Cl.Cl. The number of nitrogens with zero attached hydrogens (tertiary/aromatic N) is 1. The summed E-state index contributed by atoms with van der Waals surface area (Å²) in [7, 11) is 0. The molecule has 0 spiro atoms. The van der Waals surface area contributed by atoms with E-state index in [1.165, 1.54) is 5.56 Å². The Morgan fingerprint density at radius 2 is 1.88 bits per heavy atom. The fourth-order valence-corrected chi connectivity index (χ4v) is 2.38. The van der Waals surface area contributed by atoms with Crippen molar-refractivity contribution in [1.82, 2.24) is 10.3 Å². The lowest BCUT2D eigenvalue weighted by atomic mass is 9.88. The highest BCUT2D eigenvalue weighted by Gasteiger charge is 2.28. The molecule has 2 aromatic rings. The third-order valence-electron chi connectivity index (χ3n) is 4.18. The molecule has 1 fully saturated rings. The number of amides is 1. The summed E-state index contributed by atoms with van der Waals surface area (Å²) in [4.78, 5) is 16.4. The topological polar surface area (TPSA) is 63.2 Å². The van der Waals surface area contributed by atoms with Gasteiger partial charge in [0.15, 0.2) is 0 Å². The van der Waals surface area contributed by atoms with Crippen LogP contribution in [-0.2, 0) is 4.79 Å². The maximum absolute atomic E-state index is 12.2. The molecule has 7 heteroatoms. The molecule has 2 heterocycles. The van der Waals surface area contributed by atoms with Crippen LogP contribution < -0.4 is 15.4 Å². The molecule has 1 aliphatic heterocycles. The second kappa shape index (κ2) is 9.61. The number of carbonyl (C=O) groups excluding carboxylic acids is 1. The van der Waals surface area contributed by atoms with Crippen LogP contribution in [0.2, 0.25) is 0 Å². The van der Waals surface area contributed by atoms with Crippen molar-refractivity contribution in [2.24, 2.45) is 11.8 Å². The van der Waals surface area contributed by atoms with E-state index in [-0.39, 0.29) is 36.6 Å². The Bertz CT molecular complexity index is 674. The first-order valence-electron chi connectivity index (χ1n) is 7.84. The van der Waals surface area contributed by atoms with Crippen molar-refractivity contribution in [3.05, 3.63) is 48.2 Å². The average molecular weight is 384 g/mol. The number of carbonyl (C=O) groups is 1. The van der Waals surface area contributed by atoms with E-state index in [2.05, 4.69) is 15.6 Å². The van der Waals surface area contributed by atoms with E-state index in [9.17, 15) is 4.79 Å². The molecule has 3 rings (SSSR count). The van der Waals surface area contributed by atoms with Gasteiger partial charge in [0.05, 0.1) is 11.9 Å². The Balaban J connectivity index is 0.00000156. The van der Waals surface area contributed by atoms with Gasteiger partial charge in [-0.3, -0.25) is 4.79 Å². The summed E-state index contributed by atoms with van der Waals surface area (Å²) in [5.74, 6) is 1.70. The maximum atomic E-state index is 12.2. The number of halogens is 2. The van der Waals surface area contributed by atoms with Gasteiger partial charge < -0.3 is 15.4 Å². The van der Waals surface area contributed by atoms with Gasteiger partial charge in [0.1, 0.15) is 5.75 Å². The van der Waals surface area contributed by atoms with Crippen LogP contribution in [0.5, 0.6) is 11.6 Å². The summed E-state index contributed by atoms with van der Waals surface area (Å²) < 4.78 is 5.67. The van der Waals surface area contributed by atoms with Crippen molar-refractivity contribution in [2.75, 3.05) is 18.4 Å². The van der Waals surface area contributed by atoms with E-state index in [1.54, 1.807) is 18.3 Å². The minimum atomic E-state index is -0.000245. The van der Waals surface area contributed by atoms with Gasteiger partial charge in [-0.15, -0.1) is 24.8 Å². The summed E-state index contributed by atoms with van der Waals surface area (Å²) in [5, 5.41) is 6.09. The van der Waals surface area contributed by atoms with Crippen molar-refractivity contribution in [1.29, 1.82) is 0 Å². The van der Waals surface area contributed by atoms with E-state index in [4.69, 9.17) is 4.74 Å². The number of hydrogen-bond donors (Lipinski definition) is 2. The predicted octanol–water partition coefficient (Wildman–Crippen LogP) is 3.82. The third kappa shape index (κ3) is 5.59. The predicted molar refractivity (Wildman–Crippen MR) is 104 cm³/mol. The lowest BCUT2D eigenvalue weighted by Crippen LogP contribution is -2.48. The summed E-state index contributed by atoms with van der Waals surface area (Å²) in [6.45, 7) is 5.82. The molecule has 0 saturated carbocycles. The largest absolute Gasteiger partial charge is 0.439 e. The van der Waals surface area contributed by atoms with Crippen molar-refractivity contribution in [3.8, 4) is 11.6 Å². The van der Waals surface area contributed by atoms with Gasteiger partial charge >= 0.3 is 0 Å². The van der Waals surface area contributed by atoms with Gasteiger partial charge in [0.2, 0.25) is 11.8 Å². The van der Waals surface area contributed by atoms with Gasteiger partial charge in [-0.1, -0.05) is 24.6 Å². The zero-order chi connectivity index (χ0) is 16.2. The maximum Gasteiger partial charge on any atom is 0.227 e.